The number of rotatable bonds is 2. The summed E-state index contributed by atoms with van der Waals surface area (Å²) in [4.78, 5) is 4.16. The molecule has 0 fully saturated rings. The largest absolute Gasteiger partial charge is 0.463 e. The van der Waals surface area contributed by atoms with Crippen LogP contribution in [0.25, 0.3) is 22.6 Å². The number of nitrogens with zero attached hydrogens (tertiary/aromatic N) is 2. The molecule has 0 unspecified atom stereocenters. The highest BCUT2D eigenvalue weighted by molar-refractivity contribution is 5.79. The zero-order valence-corrected chi connectivity index (χ0v) is 10.9. The van der Waals surface area contributed by atoms with Crippen LogP contribution in [0, 0.1) is 17.1 Å². The van der Waals surface area contributed by atoms with Gasteiger partial charge in [-0.25, -0.2) is 9.37 Å². The average molecular weight is 279 g/mol. The van der Waals surface area contributed by atoms with Crippen molar-refractivity contribution in [3.63, 3.8) is 0 Å². The van der Waals surface area contributed by atoms with E-state index < -0.39 is 0 Å². The van der Waals surface area contributed by atoms with Crippen molar-refractivity contribution < 1.29 is 8.81 Å². The van der Waals surface area contributed by atoms with Gasteiger partial charge in [-0.1, -0.05) is 12.1 Å². The van der Waals surface area contributed by atoms with E-state index in [9.17, 15) is 9.65 Å². The minimum Gasteiger partial charge on any atom is -0.463 e. The highest BCUT2D eigenvalue weighted by Gasteiger charge is 2.14. The van der Waals surface area contributed by atoms with Gasteiger partial charge in [0.2, 0.25) is 0 Å². The van der Waals surface area contributed by atoms with Gasteiger partial charge in [-0.3, -0.25) is 0 Å². The number of pyridine rings is 1. The van der Waals surface area contributed by atoms with Gasteiger partial charge in [0.1, 0.15) is 29.0 Å². The first kappa shape index (κ1) is 12.9. The molecular weight excluding hydrogens is 269 g/mol. The number of nitriles is 1. The number of nitrogens with two attached hydrogens (primary N) is 1. The summed E-state index contributed by atoms with van der Waals surface area (Å²) in [6.45, 7) is 0. The van der Waals surface area contributed by atoms with Gasteiger partial charge in [0.25, 0.3) is 0 Å². The summed E-state index contributed by atoms with van der Waals surface area (Å²) in [5.74, 6) is 0.237. The number of hydrogen-bond donors (Lipinski definition) is 1. The molecule has 102 valence electrons. The van der Waals surface area contributed by atoms with Crippen molar-refractivity contribution >= 4 is 5.82 Å². The lowest BCUT2D eigenvalue weighted by Gasteiger charge is -2.09. The SMILES string of the molecule is N#Cc1c(-c2cccc(F)c2)cc(-c2ccco2)nc1N. The van der Waals surface area contributed by atoms with E-state index in [1.165, 1.54) is 18.4 Å². The van der Waals surface area contributed by atoms with Crippen LogP contribution in [0.3, 0.4) is 0 Å². The Labute approximate surface area is 120 Å². The van der Waals surface area contributed by atoms with Gasteiger partial charge in [0.15, 0.2) is 5.76 Å². The highest BCUT2D eigenvalue weighted by Crippen LogP contribution is 2.31. The van der Waals surface area contributed by atoms with Gasteiger partial charge >= 0.3 is 0 Å². The molecule has 0 spiro atoms. The second-order valence-electron chi connectivity index (χ2n) is 4.41. The fourth-order valence-electron chi connectivity index (χ4n) is 2.12. The number of furan rings is 1. The first-order valence-corrected chi connectivity index (χ1v) is 6.19. The summed E-state index contributed by atoms with van der Waals surface area (Å²) in [7, 11) is 0. The maximum absolute atomic E-state index is 13.4. The molecule has 0 atom stereocenters. The Balaban J connectivity index is 2.25. The number of anilines is 1. The average Bonchev–Trinajstić information content (AvgIpc) is 3.00. The van der Waals surface area contributed by atoms with E-state index in [0.717, 1.165) is 0 Å². The summed E-state index contributed by atoms with van der Waals surface area (Å²) >= 11 is 0. The second-order valence-corrected chi connectivity index (χ2v) is 4.41. The number of nitrogen functional groups attached to an aromatic ring is 1. The minimum atomic E-state index is -0.383. The molecule has 3 aromatic rings. The molecule has 4 nitrogen and oxygen atoms in total. The van der Waals surface area contributed by atoms with Crippen LogP contribution in [0.15, 0.2) is 53.1 Å². The molecule has 0 saturated heterocycles. The molecule has 0 aliphatic rings. The number of hydrogen-bond acceptors (Lipinski definition) is 4. The van der Waals surface area contributed by atoms with Crippen molar-refractivity contribution in [1.82, 2.24) is 4.98 Å². The van der Waals surface area contributed by atoms with Gasteiger partial charge < -0.3 is 10.2 Å². The Kier molecular flexibility index (Phi) is 3.13. The lowest BCUT2D eigenvalue weighted by atomic mass is 10.00. The van der Waals surface area contributed by atoms with Crippen molar-refractivity contribution in [1.29, 1.82) is 5.26 Å². The standard InChI is InChI=1S/C16H10FN3O/c17-11-4-1-3-10(7-11)12-8-14(15-5-2-6-21-15)20-16(19)13(12)9-18/h1-8H,(H2,19,20). The molecule has 2 aromatic heterocycles. The van der Waals surface area contributed by atoms with Crippen molar-refractivity contribution in [2.24, 2.45) is 0 Å². The van der Waals surface area contributed by atoms with Crippen molar-refractivity contribution in [2.75, 3.05) is 5.73 Å². The van der Waals surface area contributed by atoms with E-state index in [1.54, 1.807) is 30.3 Å². The molecule has 0 bridgehead atoms. The number of benzene rings is 1. The lowest BCUT2D eigenvalue weighted by Crippen LogP contribution is -1.99. The topological polar surface area (TPSA) is 75.8 Å². The van der Waals surface area contributed by atoms with Gasteiger partial charge in [-0.05, 0) is 35.9 Å². The molecule has 3 rings (SSSR count). The molecule has 2 heterocycles. The van der Waals surface area contributed by atoms with Crippen molar-refractivity contribution in [3.8, 4) is 28.7 Å². The van der Waals surface area contributed by atoms with E-state index in [2.05, 4.69) is 4.98 Å². The molecule has 21 heavy (non-hydrogen) atoms. The normalized spacial score (nSPS) is 10.3. The van der Waals surface area contributed by atoms with Crippen LogP contribution in [0.4, 0.5) is 10.2 Å². The fraction of sp³-hybridized carbons (Fsp3) is 0. The van der Waals surface area contributed by atoms with Crippen molar-refractivity contribution in [3.05, 3.63) is 60.1 Å². The van der Waals surface area contributed by atoms with Crippen LogP contribution in [-0.2, 0) is 0 Å². The van der Waals surface area contributed by atoms with Crippen LogP contribution >= 0.6 is 0 Å². The van der Waals surface area contributed by atoms with Crippen LogP contribution in [0.2, 0.25) is 0 Å². The van der Waals surface area contributed by atoms with E-state index in [-0.39, 0.29) is 17.2 Å². The Morgan fingerprint density at radius 1 is 1.19 bits per heavy atom. The third kappa shape index (κ3) is 2.35. The van der Waals surface area contributed by atoms with E-state index in [1.807, 2.05) is 6.07 Å². The smallest absolute Gasteiger partial charge is 0.152 e. The Hall–Kier alpha value is -3.13. The summed E-state index contributed by atoms with van der Waals surface area (Å²) < 4.78 is 18.7. The molecule has 0 aliphatic carbocycles. The van der Waals surface area contributed by atoms with E-state index in [0.29, 0.717) is 22.6 Å². The zero-order chi connectivity index (χ0) is 14.8. The Morgan fingerprint density at radius 3 is 2.71 bits per heavy atom. The number of halogens is 1. The van der Waals surface area contributed by atoms with Gasteiger partial charge in [0.05, 0.1) is 6.26 Å². The summed E-state index contributed by atoms with van der Waals surface area (Å²) in [5, 5.41) is 9.26. The van der Waals surface area contributed by atoms with Crippen LogP contribution < -0.4 is 5.73 Å². The summed E-state index contributed by atoms with van der Waals surface area (Å²) in [5.41, 5.74) is 7.65. The maximum Gasteiger partial charge on any atom is 0.152 e. The molecule has 0 amide bonds. The molecule has 0 radical (unpaired) electrons. The summed E-state index contributed by atoms with van der Waals surface area (Å²) in [6.07, 6.45) is 1.52. The van der Waals surface area contributed by atoms with Gasteiger partial charge in [0, 0.05) is 5.56 Å². The molecule has 5 heteroatoms. The minimum absolute atomic E-state index is 0.0886. The first-order chi connectivity index (χ1) is 10.2. The van der Waals surface area contributed by atoms with Crippen LogP contribution in [0.1, 0.15) is 5.56 Å². The second kappa shape index (κ2) is 5.10. The molecule has 0 aliphatic heterocycles. The Morgan fingerprint density at radius 2 is 2.05 bits per heavy atom. The highest BCUT2D eigenvalue weighted by atomic mass is 19.1. The van der Waals surface area contributed by atoms with Crippen LogP contribution in [-0.4, -0.2) is 4.98 Å². The van der Waals surface area contributed by atoms with E-state index >= 15 is 0 Å². The monoisotopic (exact) mass is 279 g/mol. The first-order valence-electron chi connectivity index (χ1n) is 6.19. The molecule has 2 N–H and O–H groups in total. The Bertz CT molecular complexity index is 835. The predicted octanol–water partition coefficient (Wildman–Crippen LogP) is 3.60. The zero-order valence-electron chi connectivity index (χ0n) is 10.9. The maximum atomic E-state index is 13.4. The van der Waals surface area contributed by atoms with Gasteiger partial charge in [-0.2, -0.15) is 5.26 Å². The quantitative estimate of drug-likeness (QED) is 0.777. The van der Waals surface area contributed by atoms with E-state index in [4.69, 9.17) is 10.2 Å². The third-order valence-electron chi connectivity index (χ3n) is 3.07. The lowest BCUT2D eigenvalue weighted by molar-refractivity contribution is 0.580. The van der Waals surface area contributed by atoms with Crippen LogP contribution in [0.5, 0.6) is 0 Å². The molecule has 1 aromatic carbocycles. The predicted molar refractivity (Wildman–Crippen MR) is 76.5 cm³/mol. The molecule has 0 saturated carbocycles. The van der Waals surface area contributed by atoms with Gasteiger partial charge in [-0.15, -0.1) is 0 Å². The molecular formula is C16H10FN3O. The third-order valence-corrected chi connectivity index (χ3v) is 3.07. The fourth-order valence-corrected chi connectivity index (χ4v) is 2.12. The summed E-state index contributed by atoms with van der Waals surface area (Å²) in [6, 6.07) is 13.1. The van der Waals surface area contributed by atoms with Crippen molar-refractivity contribution in [2.45, 2.75) is 0 Å². The number of aromatic nitrogens is 1.